The molecule has 0 saturated heterocycles. The summed E-state index contributed by atoms with van der Waals surface area (Å²) in [6.07, 6.45) is 0. The van der Waals surface area contributed by atoms with Gasteiger partial charge in [0.2, 0.25) is 0 Å². The number of aromatic amines is 1. The average Bonchev–Trinajstić information content (AvgIpc) is 2.77. The van der Waals surface area contributed by atoms with Gasteiger partial charge in [0.05, 0.1) is 5.03 Å². The Kier molecular flexibility index (Phi) is 4.51. The molecule has 2 nitrogen and oxygen atoms in total. The number of thioether (sulfide) groups is 1. The molecule has 0 aliphatic rings. The van der Waals surface area contributed by atoms with E-state index in [0.29, 0.717) is 0 Å². The Bertz CT molecular complexity index is 427. The molecule has 92 valence electrons. The summed E-state index contributed by atoms with van der Waals surface area (Å²) in [5, 5.41) is 2.58. The number of hydrogen-bond acceptors (Lipinski definition) is 2. The number of rotatable bonds is 6. The maximum atomic E-state index is 3.45. The molecule has 0 radical (unpaired) electrons. The first-order chi connectivity index (χ1) is 8.33. The highest BCUT2D eigenvalue weighted by Crippen LogP contribution is 2.22. The van der Waals surface area contributed by atoms with E-state index in [1.54, 1.807) is 0 Å². The summed E-state index contributed by atoms with van der Waals surface area (Å²) >= 11 is 1.91. The number of fused-ring (bicyclic) bond motifs is 1. The molecule has 0 fully saturated rings. The van der Waals surface area contributed by atoms with E-state index in [1.165, 1.54) is 15.9 Å². The molecule has 0 aliphatic carbocycles. The third kappa shape index (κ3) is 3.27. The third-order valence-corrected chi connectivity index (χ3v) is 3.98. The SMILES string of the molecule is CCN(CC)CCSc1cc2ccccc2[nH]1. The van der Waals surface area contributed by atoms with Crippen LogP contribution in [0.2, 0.25) is 0 Å². The summed E-state index contributed by atoms with van der Waals surface area (Å²) in [4.78, 5) is 5.90. The van der Waals surface area contributed by atoms with E-state index in [1.807, 2.05) is 11.8 Å². The second-order valence-corrected chi connectivity index (χ2v) is 5.23. The fourth-order valence-electron chi connectivity index (χ4n) is 1.95. The van der Waals surface area contributed by atoms with Gasteiger partial charge in [0, 0.05) is 23.2 Å². The van der Waals surface area contributed by atoms with Crippen LogP contribution in [0.4, 0.5) is 0 Å². The summed E-state index contributed by atoms with van der Waals surface area (Å²) in [7, 11) is 0. The molecule has 3 heteroatoms. The van der Waals surface area contributed by atoms with Gasteiger partial charge in [-0.1, -0.05) is 32.0 Å². The van der Waals surface area contributed by atoms with Crippen LogP contribution in [-0.4, -0.2) is 35.3 Å². The number of para-hydroxylation sites is 1. The third-order valence-electron chi connectivity index (χ3n) is 3.06. The Balaban J connectivity index is 1.90. The van der Waals surface area contributed by atoms with Gasteiger partial charge in [0.1, 0.15) is 0 Å². The molecule has 1 aromatic heterocycles. The van der Waals surface area contributed by atoms with E-state index in [-0.39, 0.29) is 0 Å². The zero-order valence-corrected chi connectivity index (χ0v) is 11.4. The van der Waals surface area contributed by atoms with Gasteiger partial charge in [-0.05, 0) is 25.2 Å². The second kappa shape index (κ2) is 6.12. The Morgan fingerprint density at radius 2 is 1.94 bits per heavy atom. The highest BCUT2D eigenvalue weighted by Gasteiger charge is 2.02. The predicted octanol–water partition coefficient (Wildman–Crippen LogP) is 3.60. The molecule has 0 saturated carbocycles. The number of benzene rings is 1. The lowest BCUT2D eigenvalue weighted by atomic mass is 10.3. The van der Waals surface area contributed by atoms with Gasteiger partial charge in [-0.15, -0.1) is 11.8 Å². The van der Waals surface area contributed by atoms with Crippen LogP contribution in [0.5, 0.6) is 0 Å². The van der Waals surface area contributed by atoms with Gasteiger partial charge < -0.3 is 9.88 Å². The minimum absolute atomic E-state index is 1.14. The fourth-order valence-corrected chi connectivity index (χ4v) is 2.91. The van der Waals surface area contributed by atoms with E-state index in [2.05, 4.69) is 54.1 Å². The Morgan fingerprint density at radius 1 is 1.18 bits per heavy atom. The molecule has 1 heterocycles. The van der Waals surface area contributed by atoms with Crippen LogP contribution >= 0.6 is 11.8 Å². The van der Waals surface area contributed by atoms with E-state index in [0.717, 1.165) is 25.4 Å². The average molecular weight is 248 g/mol. The predicted molar refractivity (Wildman–Crippen MR) is 76.8 cm³/mol. The lowest BCUT2D eigenvalue weighted by Gasteiger charge is -2.16. The highest BCUT2D eigenvalue weighted by molar-refractivity contribution is 7.99. The van der Waals surface area contributed by atoms with E-state index in [4.69, 9.17) is 0 Å². The minimum Gasteiger partial charge on any atom is -0.350 e. The van der Waals surface area contributed by atoms with Gasteiger partial charge in [-0.3, -0.25) is 0 Å². The van der Waals surface area contributed by atoms with E-state index < -0.39 is 0 Å². The van der Waals surface area contributed by atoms with Crippen LogP contribution in [0.3, 0.4) is 0 Å². The normalized spacial score (nSPS) is 11.5. The summed E-state index contributed by atoms with van der Waals surface area (Å²) in [5.41, 5.74) is 1.23. The van der Waals surface area contributed by atoms with Crippen LogP contribution in [0.25, 0.3) is 10.9 Å². The van der Waals surface area contributed by atoms with Gasteiger partial charge in [-0.25, -0.2) is 0 Å². The number of nitrogens with one attached hydrogen (secondary N) is 1. The number of H-pyrrole nitrogens is 1. The van der Waals surface area contributed by atoms with Crippen molar-refractivity contribution in [1.82, 2.24) is 9.88 Å². The molecule has 1 aromatic carbocycles. The van der Waals surface area contributed by atoms with Crippen LogP contribution in [0, 0.1) is 0 Å². The van der Waals surface area contributed by atoms with Crippen LogP contribution < -0.4 is 0 Å². The molecule has 0 bridgehead atoms. The largest absolute Gasteiger partial charge is 0.350 e. The first-order valence-electron chi connectivity index (χ1n) is 6.26. The van der Waals surface area contributed by atoms with Crippen molar-refractivity contribution in [1.29, 1.82) is 0 Å². The van der Waals surface area contributed by atoms with Gasteiger partial charge >= 0.3 is 0 Å². The van der Waals surface area contributed by atoms with Gasteiger partial charge in [0.25, 0.3) is 0 Å². The first kappa shape index (κ1) is 12.5. The highest BCUT2D eigenvalue weighted by atomic mass is 32.2. The van der Waals surface area contributed by atoms with Crippen molar-refractivity contribution in [3.05, 3.63) is 30.3 Å². The van der Waals surface area contributed by atoms with Crippen LogP contribution in [0.15, 0.2) is 35.4 Å². The van der Waals surface area contributed by atoms with Gasteiger partial charge in [-0.2, -0.15) is 0 Å². The van der Waals surface area contributed by atoms with Gasteiger partial charge in [0.15, 0.2) is 0 Å². The van der Waals surface area contributed by atoms with Crippen molar-refractivity contribution in [2.24, 2.45) is 0 Å². The topological polar surface area (TPSA) is 19.0 Å². The molecule has 0 aliphatic heterocycles. The number of aromatic nitrogens is 1. The van der Waals surface area contributed by atoms with Crippen molar-refractivity contribution in [2.45, 2.75) is 18.9 Å². The molecule has 0 atom stereocenters. The number of nitrogens with zero attached hydrogens (tertiary/aromatic N) is 1. The smallest absolute Gasteiger partial charge is 0.0732 e. The minimum atomic E-state index is 1.14. The Morgan fingerprint density at radius 3 is 2.65 bits per heavy atom. The lowest BCUT2D eigenvalue weighted by Crippen LogP contribution is -2.25. The van der Waals surface area contributed by atoms with Crippen LogP contribution in [-0.2, 0) is 0 Å². The summed E-state index contributed by atoms with van der Waals surface area (Å²) < 4.78 is 0. The molecule has 0 spiro atoms. The Hall–Kier alpha value is -0.930. The quantitative estimate of drug-likeness (QED) is 0.788. The standard InChI is InChI=1S/C14H20N2S/c1-3-16(4-2)9-10-17-14-11-12-7-5-6-8-13(12)15-14/h5-8,11,15H,3-4,9-10H2,1-2H3. The number of hydrogen-bond donors (Lipinski definition) is 1. The molecule has 1 N–H and O–H groups in total. The van der Waals surface area contributed by atoms with Crippen molar-refractivity contribution in [3.63, 3.8) is 0 Å². The first-order valence-corrected chi connectivity index (χ1v) is 7.25. The van der Waals surface area contributed by atoms with E-state index in [9.17, 15) is 0 Å². The monoisotopic (exact) mass is 248 g/mol. The molecular formula is C14H20N2S. The van der Waals surface area contributed by atoms with Crippen molar-refractivity contribution < 1.29 is 0 Å². The molecule has 17 heavy (non-hydrogen) atoms. The zero-order valence-electron chi connectivity index (χ0n) is 10.6. The fraction of sp³-hybridized carbons (Fsp3) is 0.429. The van der Waals surface area contributed by atoms with E-state index >= 15 is 0 Å². The molecular weight excluding hydrogens is 228 g/mol. The maximum Gasteiger partial charge on any atom is 0.0732 e. The molecule has 2 aromatic rings. The summed E-state index contributed by atoms with van der Waals surface area (Å²) in [5.74, 6) is 1.15. The molecule has 0 amide bonds. The Labute approximate surface area is 107 Å². The zero-order chi connectivity index (χ0) is 12.1. The van der Waals surface area contributed by atoms with Crippen LogP contribution in [0.1, 0.15) is 13.8 Å². The second-order valence-electron chi connectivity index (χ2n) is 4.10. The van der Waals surface area contributed by atoms with Crippen molar-refractivity contribution in [2.75, 3.05) is 25.4 Å². The lowest BCUT2D eigenvalue weighted by molar-refractivity contribution is 0.324. The summed E-state index contributed by atoms with van der Waals surface area (Å²) in [6.45, 7) is 7.88. The summed E-state index contributed by atoms with van der Waals surface area (Å²) in [6, 6.07) is 10.7. The molecule has 2 rings (SSSR count). The van der Waals surface area contributed by atoms with Crippen molar-refractivity contribution >= 4 is 22.7 Å². The molecule has 0 unspecified atom stereocenters. The maximum absolute atomic E-state index is 3.45. The van der Waals surface area contributed by atoms with Crippen molar-refractivity contribution in [3.8, 4) is 0 Å².